The lowest BCUT2D eigenvalue weighted by molar-refractivity contribution is 0.373. The lowest BCUT2D eigenvalue weighted by atomic mass is 10.4. The van der Waals surface area contributed by atoms with Crippen molar-refractivity contribution in [2.45, 2.75) is 13.3 Å². The van der Waals surface area contributed by atoms with Crippen molar-refractivity contribution in [2.24, 2.45) is 0 Å². The molecule has 0 bridgehead atoms. The van der Waals surface area contributed by atoms with E-state index in [4.69, 9.17) is 0 Å². The smallest absolute Gasteiger partial charge is 0.345 e. The molecule has 0 aliphatic heterocycles. The lowest BCUT2D eigenvalue weighted by Crippen LogP contribution is -1.85. The summed E-state index contributed by atoms with van der Waals surface area (Å²) in [7, 11) is 0. The zero-order valence-electron chi connectivity index (χ0n) is 4.43. The fraction of sp³-hybridized carbons (Fsp3) is 0.400. The van der Waals surface area contributed by atoms with E-state index < -0.39 is 5.82 Å². The van der Waals surface area contributed by atoms with Crippen LogP contribution in [0.2, 0.25) is 0 Å². The quantitative estimate of drug-likeness (QED) is 0.501. The van der Waals surface area contributed by atoms with Gasteiger partial charge in [-0.1, -0.05) is 6.92 Å². The van der Waals surface area contributed by atoms with Crippen LogP contribution >= 0.6 is 0 Å². The Hall–Kier alpha value is -0.990. The molecule has 0 amide bonds. The highest BCUT2D eigenvalue weighted by atomic mass is 16.6. The minimum atomic E-state index is -0.679. The van der Waals surface area contributed by atoms with Crippen LogP contribution in [0.5, 0.6) is 0 Å². The van der Waals surface area contributed by atoms with Gasteiger partial charge in [0, 0.05) is 5.76 Å². The van der Waals surface area contributed by atoms with Crippen molar-refractivity contribution in [3.63, 3.8) is 0 Å². The van der Waals surface area contributed by atoms with Gasteiger partial charge in [-0.25, -0.2) is 0 Å². The first-order valence-corrected chi connectivity index (χ1v) is 2.33. The van der Waals surface area contributed by atoms with Gasteiger partial charge in [-0.2, -0.15) is 0 Å². The topological polar surface area (TPSA) is 43.4 Å². The normalized spacial score (nSPS) is 9.62. The highest BCUT2D eigenvalue weighted by Gasteiger charge is 1.82. The van der Waals surface area contributed by atoms with E-state index in [0.717, 1.165) is 0 Å². The maximum atomic E-state index is 10.1. The summed E-state index contributed by atoms with van der Waals surface area (Å²) in [5.74, 6) is -0.211. The van der Waals surface area contributed by atoms with Gasteiger partial charge in [0.1, 0.15) is 0 Å². The van der Waals surface area contributed by atoms with Crippen molar-refractivity contribution in [3.8, 4) is 0 Å². The fourth-order valence-electron chi connectivity index (χ4n) is 0.385. The van der Waals surface area contributed by atoms with Gasteiger partial charge in [0.15, 0.2) is 0 Å². The minimum absolute atomic E-state index is 0.468. The molecule has 0 spiro atoms. The second-order valence-corrected chi connectivity index (χ2v) is 1.33. The third-order valence-corrected chi connectivity index (χ3v) is 0.776. The van der Waals surface area contributed by atoms with Gasteiger partial charge >= 0.3 is 5.82 Å². The standard InChI is InChI=1S/C5H5O3/c1-2-4-3-7-5(6)8-4/h2H2,1H3/q-1. The first-order valence-electron chi connectivity index (χ1n) is 2.33. The third-order valence-electron chi connectivity index (χ3n) is 0.776. The van der Waals surface area contributed by atoms with Crippen molar-refractivity contribution in [2.75, 3.05) is 0 Å². The van der Waals surface area contributed by atoms with E-state index in [1.807, 2.05) is 6.92 Å². The molecular weight excluding hydrogens is 108 g/mol. The molecule has 0 radical (unpaired) electrons. The highest BCUT2D eigenvalue weighted by molar-refractivity contribution is 4.80. The zero-order chi connectivity index (χ0) is 5.98. The summed E-state index contributed by atoms with van der Waals surface area (Å²) in [6, 6.07) is 0. The second-order valence-electron chi connectivity index (χ2n) is 1.33. The molecule has 0 aliphatic carbocycles. The van der Waals surface area contributed by atoms with Crippen LogP contribution in [0.15, 0.2) is 13.6 Å². The predicted octanol–water partition coefficient (Wildman–Crippen LogP) is 0.595. The van der Waals surface area contributed by atoms with Crippen molar-refractivity contribution in [3.05, 3.63) is 22.6 Å². The van der Waals surface area contributed by atoms with E-state index in [-0.39, 0.29) is 0 Å². The Morgan fingerprint density at radius 3 is 2.75 bits per heavy atom. The molecular formula is C5H5O3-. The summed E-state index contributed by atoms with van der Waals surface area (Å²) < 4.78 is 8.66. The molecule has 0 N–H and O–H groups in total. The summed E-state index contributed by atoms with van der Waals surface area (Å²) in [5, 5.41) is 0. The summed E-state index contributed by atoms with van der Waals surface area (Å²) in [6.45, 7) is 1.85. The Morgan fingerprint density at radius 2 is 2.50 bits per heavy atom. The van der Waals surface area contributed by atoms with Crippen LogP contribution in [-0.4, -0.2) is 0 Å². The highest BCUT2D eigenvalue weighted by Crippen LogP contribution is 1.92. The van der Waals surface area contributed by atoms with Gasteiger partial charge in [0.2, 0.25) is 0 Å². The fourth-order valence-corrected chi connectivity index (χ4v) is 0.385. The van der Waals surface area contributed by atoms with Gasteiger partial charge in [-0.05, 0) is 12.7 Å². The first-order chi connectivity index (χ1) is 3.83. The van der Waals surface area contributed by atoms with Crippen LogP contribution in [0, 0.1) is 6.26 Å². The zero-order valence-corrected chi connectivity index (χ0v) is 4.43. The molecule has 0 aromatic carbocycles. The van der Waals surface area contributed by atoms with E-state index in [0.29, 0.717) is 12.2 Å². The molecule has 1 aromatic heterocycles. The first kappa shape index (κ1) is 5.15. The molecule has 0 saturated carbocycles. The van der Waals surface area contributed by atoms with Gasteiger partial charge in [0.25, 0.3) is 0 Å². The van der Waals surface area contributed by atoms with Crippen LogP contribution in [0.3, 0.4) is 0 Å². The molecule has 44 valence electrons. The monoisotopic (exact) mass is 113 g/mol. The number of aryl methyl sites for hydroxylation is 1. The average Bonchev–Trinajstić information content (AvgIpc) is 2.14. The Balaban J connectivity index is 3.01. The van der Waals surface area contributed by atoms with Crippen LogP contribution < -0.4 is 5.82 Å². The molecule has 3 heteroatoms. The Kier molecular flexibility index (Phi) is 1.20. The van der Waals surface area contributed by atoms with Gasteiger partial charge < -0.3 is 13.6 Å². The SMILES string of the molecule is CCc1[c-]oc(=O)o1. The minimum Gasteiger partial charge on any atom is -0.585 e. The summed E-state index contributed by atoms with van der Waals surface area (Å²) >= 11 is 0. The Morgan fingerprint density at radius 1 is 1.75 bits per heavy atom. The predicted molar refractivity (Wildman–Crippen MR) is 25.5 cm³/mol. The number of hydrogen-bond donors (Lipinski definition) is 0. The van der Waals surface area contributed by atoms with Crippen LogP contribution in [0.4, 0.5) is 0 Å². The average molecular weight is 113 g/mol. The van der Waals surface area contributed by atoms with Crippen LogP contribution in [0.25, 0.3) is 0 Å². The summed E-state index contributed by atoms with van der Waals surface area (Å²) in [4.78, 5) is 10.1. The van der Waals surface area contributed by atoms with Gasteiger partial charge in [-0.3, -0.25) is 0 Å². The molecule has 3 nitrogen and oxygen atoms in total. The van der Waals surface area contributed by atoms with E-state index >= 15 is 0 Å². The third kappa shape index (κ3) is 0.804. The lowest BCUT2D eigenvalue weighted by Gasteiger charge is -1.83. The Bertz CT molecular complexity index is 207. The van der Waals surface area contributed by atoms with Crippen molar-refractivity contribution in [1.29, 1.82) is 0 Å². The molecule has 1 aromatic rings. The van der Waals surface area contributed by atoms with E-state index in [1.54, 1.807) is 0 Å². The second kappa shape index (κ2) is 1.86. The summed E-state index contributed by atoms with van der Waals surface area (Å²) in [5.41, 5.74) is 0. The molecule has 8 heavy (non-hydrogen) atoms. The molecule has 0 atom stereocenters. The molecule has 1 heterocycles. The number of hydrogen-bond acceptors (Lipinski definition) is 3. The van der Waals surface area contributed by atoms with E-state index in [1.165, 1.54) is 0 Å². The van der Waals surface area contributed by atoms with Crippen LogP contribution in [0.1, 0.15) is 12.7 Å². The molecule has 0 fully saturated rings. The largest absolute Gasteiger partial charge is 0.585 e. The maximum Gasteiger partial charge on any atom is 0.345 e. The summed E-state index contributed by atoms with van der Waals surface area (Å²) in [6.07, 6.45) is 2.95. The van der Waals surface area contributed by atoms with Crippen molar-refractivity contribution in [1.82, 2.24) is 0 Å². The maximum absolute atomic E-state index is 10.1. The van der Waals surface area contributed by atoms with Crippen molar-refractivity contribution < 1.29 is 8.83 Å². The van der Waals surface area contributed by atoms with Gasteiger partial charge in [0.05, 0.1) is 0 Å². The molecule has 0 unspecified atom stereocenters. The van der Waals surface area contributed by atoms with E-state index in [2.05, 4.69) is 15.1 Å². The molecule has 0 aliphatic rings. The van der Waals surface area contributed by atoms with E-state index in [9.17, 15) is 4.79 Å². The van der Waals surface area contributed by atoms with Crippen molar-refractivity contribution >= 4 is 0 Å². The van der Waals surface area contributed by atoms with Gasteiger partial charge in [-0.15, -0.1) is 0 Å². The molecule has 0 saturated heterocycles. The number of rotatable bonds is 1. The molecule has 1 rings (SSSR count). The van der Waals surface area contributed by atoms with Crippen LogP contribution in [-0.2, 0) is 6.42 Å². The Labute approximate surface area is 45.9 Å².